The number of hydrogen-bond acceptors (Lipinski definition) is 2. The van der Waals surface area contributed by atoms with E-state index < -0.39 is 0 Å². The third-order valence-corrected chi connectivity index (χ3v) is 3.27. The summed E-state index contributed by atoms with van der Waals surface area (Å²) in [7, 11) is 0. The van der Waals surface area contributed by atoms with E-state index >= 15 is 0 Å². The molecule has 0 saturated heterocycles. The van der Waals surface area contributed by atoms with Crippen molar-refractivity contribution in [3.05, 3.63) is 28.2 Å². The average molecular weight is 271 g/mol. The van der Waals surface area contributed by atoms with Crippen LogP contribution >= 0.6 is 15.9 Å². The number of nitrogens with two attached hydrogens (primary N) is 1. The molecule has 0 heterocycles. The lowest BCUT2D eigenvalue weighted by Crippen LogP contribution is -2.29. The summed E-state index contributed by atoms with van der Waals surface area (Å²) in [5.41, 5.74) is 7.85. The Labute approximate surface area is 101 Å². The Morgan fingerprint density at radius 1 is 1.40 bits per heavy atom. The van der Waals surface area contributed by atoms with Gasteiger partial charge in [-0.2, -0.15) is 0 Å². The maximum atomic E-state index is 5.75. The molecule has 3 heteroatoms. The second-order valence-corrected chi connectivity index (χ2v) is 4.87. The van der Waals surface area contributed by atoms with Gasteiger partial charge in [0, 0.05) is 22.7 Å². The molecule has 0 spiro atoms. The van der Waals surface area contributed by atoms with Crippen molar-refractivity contribution in [1.29, 1.82) is 0 Å². The third kappa shape index (κ3) is 3.50. The van der Waals surface area contributed by atoms with Gasteiger partial charge in [0.2, 0.25) is 0 Å². The Hall–Kier alpha value is -0.540. The summed E-state index contributed by atoms with van der Waals surface area (Å²) in [5, 5.41) is 0. The number of nitrogen functional groups attached to an aromatic ring is 1. The maximum Gasteiger partial charge on any atom is 0.0458 e. The molecule has 0 atom stereocenters. The smallest absolute Gasteiger partial charge is 0.0458 e. The number of hydrogen-bond donors (Lipinski definition) is 1. The largest absolute Gasteiger partial charge is 0.398 e. The van der Waals surface area contributed by atoms with Gasteiger partial charge in [-0.25, -0.2) is 0 Å². The fourth-order valence-corrected chi connectivity index (χ4v) is 1.99. The highest BCUT2D eigenvalue weighted by atomic mass is 79.9. The Balaban J connectivity index is 2.75. The third-order valence-electron chi connectivity index (χ3n) is 2.59. The normalized spacial score (nSPS) is 11.3. The molecule has 0 bridgehead atoms. The van der Waals surface area contributed by atoms with E-state index in [4.69, 9.17) is 5.73 Å². The molecule has 0 aliphatic heterocycles. The Bertz CT molecular complexity index is 323. The molecule has 2 N–H and O–H groups in total. The molecular weight excluding hydrogens is 252 g/mol. The number of nitrogens with zero attached hydrogens (tertiary/aromatic N) is 1. The van der Waals surface area contributed by atoms with Crippen molar-refractivity contribution < 1.29 is 0 Å². The second-order valence-electron chi connectivity index (χ2n) is 4.01. The molecule has 0 aromatic heterocycles. The summed E-state index contributed by atoms with van der Waals surface area (Å²) in [6, 6.07) is 6.71. The lowest BCUT2D eigenvalue weighted by molar-refractivity contribution is 0.225. The van der Waals surface area contributed by atoms with Crippen molar-refractivity contribution in [3.63, 3.8) is 0 Å². The van der Waals surface area contributed by atoms with Crippen LogP contribution in [-0.2, 0) is 6.54 Å². The van der Waals surface area contributed by atoms with Crippen molar-refractivity contribution in [3.8, 4) is 0 Å². The minimum absolute atomic E-state index is 0.575. The number of benzene rings is 1. The maximum absolute atomic E-state index is 5.75. The molecule has 1 aromatic carbocycles. The number of anilines is 1. The van der Waals surface area contributed by atoms with E-state index in [9.17, 15) is 0 Å². The van der Waals surface area contributed by atoms with Crippen LogP contribution in [0.2, 0.25) is 0 Å². The molecule has 0 fully saturated rings. The molecule has 2 nitrogen and oxygen atoms in total. The van der Waals surface area contributed by atoms with E-state index in [0.717, 1.165) is 23.2 Å². The zero-order valence-corrected chi connectivity index (χ0v) is 11.2. The first-order valence-corrected chi connectivity index (χ1v) is 6.11. The van der Waals surface area contributed by atoms with Crippen LogP contribution in [-0.4, -0.2) is 17.5 Å². The van der Waals surface area contributed by atoms with E-state index in [1.807, 2.05) is 6.07 Å². The van der Waals surface area contributed by atoms with Crippen molar-refractivity contribution in [2.75, 3.05) is 12.3 Å². The topological polar surface area (TPSA) is 29.3 Å². The average Bonchev–Trinajstić information content (AvgIpc) is 2.19. The Morgan fingerprint density at radius 3 is 2.53 bits per heavy atom. The predicted octanol–water partition coefficient (Wildman–Crippen LogP) is 3.26. The van der Waals surface area contributed by atoms with Crippen molar-refractivity contribution >= 4 is 21.6 Å². The van der Waals surface area contributed by atoms with Gasteiger partial charge in [0.1, 0.15) is 0 Å². The van der Waals surface area contributed by atoms with Gasteiger partial charge in [-0.15, -0.1) is 0 Å². The van der Waals surface area contributed by atoms with Gasteiger partial charge >= 0.3 is 0 Å². The van der Waals surface area contributed by atoms with E-state index in [1.54, 1.807) is 0 Å². The molecule has 0 saturated carbocycles. The van der Waals surface area contributed by atoms with Gasteiger partial charge in [-0.3, -0.25) is 4.90 Å². The SMILES string of the molecule is CCN(Cc1ccc(N)c(Br)c1)C(C)C. The summed E-state index contributed by atoms with van der Waals surface area (Å²) in [6.07, 6.45) is 0. The van der Waals surface area contributed by atoms with Crippen molar-refractivity contribution in [2.45, 2.75) is 33.4 Å². The monoisotopic (exact) mass is 270 g/mol. The van der Waals surface area contributed by atoms with Gasteiger partial charge in [0.05, 0.1) is 0 Å². The first kappa shape index (κ1) is 12.5. The van der Waals surface area contributed by atoms with Crippen LogP contribution in [0.15, 0.2) is 22.7 Å². The molecule has 0 aliphatic carbocycles. The number of rotatable bonds is 4. The van der Waals surface area contributed by atoms with Gasteiger partial charge in [-0.05, 0) is 54.0 Å². The summed E-state index contributed by atoms with van der Waals surface area (Å²) in [4.78, 5) is 2.41. The van der Waals surface area contributed by atoms with E-state index in [1.165, 1.54) is 5.56 Å². The first-order valence-electron chi connectivity index (χ1n) is 5.32. The van der Waals surface area contributed by atoms with Crippen LogP contribution in [0.1, 0.15) is 26.3 Å². The summed E-state index contributed by atoms with van der Waals surface area (Å²) >= 11 is 3.45. The predicted molar refractivity (Wildman–Crippen MR) is 69.8 cm³/mol. The molecule has 84 valence electrons. The molecule has 0 aliphatic rings. The lowest BCUT2D eigenvalue weighted by Gasteiger charge is -2.24. The van der Waals surface area contributed by atoms with Crippen LogP contribution in [0.25, 0.3) is 0 Å². The van der Waals surface area contributed by atoms with Crippen LogP contribution in [0.4, 0.5) is 5.69 Å². The van der Waals surface area contributed by atoms with Gasteiger partial charge in [0.15, 0.2) is 0 Å². The molecule has 0 unspecified atom stereocenters. The highest BCUT2D eigenvalue weighted by Gasteiger charge is 2.08. The molecule has 1 rings (SSSR count). The molecular formula is C12H19BrN2. The highest BCUT2D eigenvalue weighted by molar-refractivity contribution is 9.10. The molecule has 0 radical (unpaired) electrons. The van der Waals surface area contributed by atoms with Gasteiger partial charge in [0.25, 0.3) is 0 Å². The van der Waals surface area contributed by atoms with E-state index in [0.29, 0.717) is 6.04 Å². The van der Waals surface area contributed by atoms with Crippen LogP contribution < -0.4 is 5.73 Å². The van der Waals surface area contributed by atoms with Gasteiger partial charge < -0.3 is 5.73 Å². The van der Waals surface area contributed by atoms with Gasteiger partial charge in [-0.1, -0.05) is 13.0 Å². The van der Waals surface area contributed by atoms with Crippen LogP contribution in [0.5, 0.6) is 0 Å². The molecule has 15 heavy (non-hydrogen) atoms. The first-order chi connectivity index (χ1) is 7.04. The van der Waals surface area contributed by atoms with Crippen LogP contribution in [0.3, 0.4) is 0 Å². The fourth-order valence-electron chi connectivity index (χ4n) is 1.56. The zero-order valence-electron chi connectivity index (χ0n) is 9.63. The van der Waals surface area contributed by atoms with Crippen molar-refractivity contribution in [2.24, 2.45) is 0 Å². The summed E-state index contributed by atoms with van der Waals surface area (Å²) in [5.74, 6) is 0. The molecule has 0 amide bonds. The summed E-state index contributed by atoms with van der Waals surface area (Å²) in [6.45, 7) is 8.67. The zero-order chi connectivity index (χ0) is 11.4. The standard InChI is InChI=1S/C12H19BrN2/c1-4-15(9(2)3)8-10-5-6-12(14)11(13)7-10/h5-7,9H,4,8,14H2,1-3H3. The number of halogens is 1. The molecule has 1 aromatic rings. The minimum Gasteiger partial charge on any atom is -0.398 e. The Kier molecular flexibility index (Phi) is 4.61. The fraction of sp³-hybridized carbons (Fsp3) is 0.500. The lowest BCUT2D eigenvalue weighted by atomic mass is 10.2. The Morgan fingerprint density at radius 2 is 2.07 bits per heavy atom. The van der Waals surface area contributed by atoms with E-state index in [-0.39, 0.29) is 0 Å². The van der Waals surface area contributed by atoms with E-state index in [2.05, 4.69) is 53.7 Å². The summed E-state index contributed by atoms with van der Waals surface area (Å²) < 4.78 is 0.986. The van der Waals surface area contributed by atoms with Crippen LogP contribution in [0, 0.1) is 0 Å². The second kappa shape index (κ2) is 5.52. The highest BCUT2D eigenvalue weighted by Crippen LogP contribution is 2.21. The quantitative estimate of drug-likeness (QED) is 0.852. The van der Waals surface area contributed by atoms with Crippen molar-refractivity contribution in [1.82, 2.24) is 4.90 Å². The minimum atomic E-state index is 0.575.